The Hall–Kier alpha value is -0.130. The first kappa shape index (κ1) is 11.0. The van der Waals surface area contributed by atoms with Crippen LogP contribution in [-0.2, 0) is 13.0 Å². The summed E-state index contributed by atoms with van der Waals surface area (Å²) >= 11 is 4.23. The molecule has 1 aromatic heterocycles. The van der Waals surface area contributed by atoms with E-state index in [1.807, 2.05) is 6.20 Å². The lowest BCUT2D eigenvalue weighted by Gasteiger charge is -2.33. The molecule has 0 aromatic carbocycles. The Bertz CT molecular complexity index is 345. The average molecular weight is 255 g/mol. The topological polar surface area (TPSA) is 31.9 Å². The number of thioether (sulfide) groups is 2. The quantitative estimate of drug-likeness (QED) is 0.826. The molecule has 3 rings (SSSR count). The van der Waals surface area contributed by atoms with E-state index in [0.29, 0.717) is 0 Å². The van der Waals surface area contributed by atoms with Gasteiger partial charge in [-0.15, -0.1) is 0 Å². The van der Waals surface area contributed by atoms with Crippen molar-refractivity contribution in [2.24, 2.45) is 0 Å². The SMILES string of the molecule is c1n[nH]c2c1CN(C1CSCCSC1)CC2. The first-order valence-corrected chi connectivity index (χ1v) is 8.15. The van der Waals surface area contributed by atoms with E-state index >= 15 is 0 Å². The first-order chi connectivity index (χ1) is 7.93. The molecule has 2 aliphatic heterocycles. The van der Waals surface area contributed by atoms with Gasteiger partial charge in [-0.25, -0.2) is 0 Å². The molecule has 3 heterocycles. The predicted octanol–water partition coefficient (Wildman–Crippen LogP) is 1.62. The maximum atomic E-state index is 4.14. The van der Waals surface area contributed by atoms with Crippen molar-refractivity contribution >= 4 is 23.5 Å². The summed E-state index contributed by atoms with van der Waals surface area (Å²) in [5, 5.41) is 7.25. The molecule has 0 unspecified atom stereocenters. The molecule has 2 aliphatic rings. The van der Waals surface area contributed by atoms with E-state index in [0.717, 1.165) is 19.0 Å². The van der Waals surface area contributed by atoms with Crippen LogP contribution in [0.2, 0.25) is 0 Å². The Kier molecular flexibility index (Phi) is 3.45. The highest BCUT2D eigenvalue weighted by Crippen LogP contribution is 2.25. The lowest BCUT2D eigenvalue weighted by atomic mass is 10.1. The molecule has 0 bridgehead atoms. The van der Waals surface area contributed by atoms with E-state index in [4.69, 9.17) is 0 Å². The van der Waals surface area contributed by atoms with Crippen LogP contribution in [0.1, 0.15) is 11.3 Å². The zero-order valence-electron chi connectivity index (χ0n) is 9.32. The summed E-state index contributed by atoms with van der Waals surface area (Å²) in [5.74, 6) is 5.26. The predicted molar refractivity (Wildman–Crippen MR) is 71.1 cm³/mol. The lowest BCUT2D eigenvalue weighted by Crippen LogP contribution is -2.41. The molecular formula is C11H17N3S2. The zero-order valence-corrected chi connectivity index (χ0v) is 10.9. The molecule has 0 atom stereocenters. The number of hydrogen-bond acceptors (Lipinski definition) is 4. The van der Waals surface area contributed by atoms with Crippen LogP contribution in [0.5, 0.6) is 0 Å². The number of fused-ring (bicyclic) bond motifs is 1. The van der Waals surface area contributed by atoms with E-state index in [9.17, 15) is 0 Å². The van der Waals surface area contributed by atoms with Crippen LogP contribution in [-0.4, -0.2) is 50.7 Å². The largest absolute Gasteiger partial charge is 0.294 e. The number of aromatic nitrogens is 2. The fourth-order valence-corrected chi connectivity index (χ4v) is 5.00. The second kappa shape index (κ2) is 5.02. The van der Waals surface area contributed by atoms with Crippen LogP contribution in [0.15, 0.2) is 6.20 Å². The van der Waals surface area contributed by atoms with Crippen molar-refractivity contribution in [3.8, 4) is 0 Å². The molecule has 1 saturated heterocycles. The molecule has 0 saturated carbocycles. The summed E-state index contributed by atoms with van der Waals surface area (Å²) in [6.45, 7) is 2.29. The lowest BCUT2D eigenvalue weighted by molar-refractivity contribution is 0.209. The smallest absolute Gasteiger partial charge is 0.0535 e. The van der Waals surface area contributed by atoms with Gasteiger partial charge < -0.3 is 0 Å². The maximum Gasteiger partial charge on any atom is 0.0535 e. The average Bonchev–Trinajstić information content (AvgIpc) is 2.61. The fraction of sp³-hybridized carbons (Fsp3) is 0.727. The molecule has 0 spiro atoms. The van der Waals surface area contributed by atoms with Gasteiger partial charge in [0.15, 0.2) is 0 Å². The highest BCUT2D eigenvalue weighted by molar-refractivity contribution is 8.03. The second-order valence-electron chi connectivity index (χ2n) is 4.40. The van der Waals surface area contributed by atoms with Crippen molar-refractivity contribution < 1.29 is 0 Å². The van der Waals surface area contributed by atoms with Crippen molar-refractivity contribution in [1.82, 2.24) is 15.1 Å². The summed E-state index contributed by atoms with van der Waals surface area (Å²) < 4.78 is 0. The third-order valence-corrected chi connectivity index (χ3v) is 5.82. The Morgan fingerprint density at radius 1 is 1.31 bits per heavy atom. The molecule has 5 heteroatoms. The molecule has 1 N–H and O–H groups in total. The van der Waals surface area contributed by atoms with Crippen LogP contribution in [0.3, 0.4) is 0 Å². The highest BCUT2D eigenvalue weighted by Gasteiger charge is 2.25. The van der Waals surface area contributed by atoms with Crippen molar-refractivity contribution in [2.45, 2.75) is 19.0 Å². The van der Waals surface area contributed by atoms with Gasteiger partial charge in [-0.1, -0.05) is 0 Å². The monoisotopic (exact) mass is 255 g/mol. The van der Waals surface area contributed by atoms with Crippen molar-refractivity contribution in [3.05, 3.63) is 17.5 Å². The van der Waals surface area contributed by atoms with Gasteiger partial charge in [0, 0.05) is 59.8 Å². The van der Waals surface area contributed by atoms with Gasteiger partial charge in [0.25, 0.3) is 0 Å². The number of nitrogens with zero attached hydrogens (tertiary/aromatic N) is 2. The van der Waals surface area contributed by atoms with Gasteiger partial charge in [0.05, 0.1) is 6.20 Å². The minimum absolute atomic E-state index is 0.764. The standard InChI is InChI=1S/C11H17N3S2/c1-2-14(6-9-5-12-13-11(1)9)10-7-15-3-4-16-8-10/h5,10H,1-4,6-8H2,(H,12,13). The van der Waals surface area contributed by atoms with Crippen LogP contribution in [0, 0.1) is 0 Å². The number of nitrogens with one attached hydrogen (secondary N) is 1. The molecule has 0 aliphatic carbocycles. The van der Waals surface area contributed by atoms with Gasteiger partial charge >= 0.3 is 0 Å². The van der Waals surface area contributed by atoms with E-state index in [1.165, 1.54) is 40.8 Å². The summed E-state index contributed by atoms with van der Waals surface area (Å²) in [6, 6.07) is 0.764. The van der Waals surface area contributed by atoms with Crippen molar-refractivity contribution in [1.29, 1.82) is 0 Å². The summed E-state index contributed by atoms with van der Waals surface area (Å²) in [4.78, 5) is 2.64. The first-order valence-electron chi connectivity index (χ1n) is 5.84. The third kappa shape index (κ3) is 2.26. The van der Waals surface area contributed by atoms with Crippen LogP contribution in [0.4, 0.5) is 0 Å². The van der Waals surface area contributed by atoms with Gasteiger partial charge in [-0.05, 0) is 0 Å². The summed E-state index contributed by atoms with van der Waals surface area (Å²) in [5.41, 5.74) is 2.76. The number of rotatable bonds is 1. The number of hydrogen-bond donors (Lipinski definition) is 1. The molecule has 88 valence electrons. The van der Waals surface area contributed by atoms with Gasteiger partial charge in [-0.3, -0.25) is 10.00 Å². The Morgan fingerprint density at radius 2 is 2.12 bits per heavy atom. The Labute approximate surface area is 105 Å². The number of aromatic amines is 1. The van der Waals surface area contributed by atoms with E-state index < -0.39 is 0 Å². The number of H-pyrrole nitrogens is 1. The second-order valence-corrected chi connectivity index (χ2v) is 6.70. The van der Waals surface area contributed by atoms with E-state index in [1.54, 1.807) is 0 Å². The Balaban J connectivity index is 1.68. The minimum Gasteiger partial charge on any atom is -0.294 e. The molecule has 1 aromatic rings. The van der Waals surface area contributed by atoms with Crippen LogP contribution < -0.4 is 0 Å². The van der Waals surface area contributed by atoms with Crippen LogP contribution in [0.25, 0.3) is 0 Å². The maximum absolute atomic E-state index is 4.14. The van der Waals surface area contributed by atoms with Crippen LogP contribution >= 0.6 is 23.5 Å². The van der Waals surface area contributed by atoms with Gasteiger partial charge in [-0.2, -0.15) is 28.6 Å². The van der Waals surface area contributed by atoms with Crippen molar-refractivity contribution in [3.63, 3.8) is 0 Å². The summed E-state index contributed by atoms with van der Waals surface area (Å²) in [7, 11) is 0. The molecule has 16 heavy (non-hydrogen) atoms. The Morgan fingerprint density at radius 3 is 2.94 bits per heavy atom. The molecule has 0 amide bonds. The van der Waals surface area contributed by atoms with Gasteiger partial charge in [0.1, 0.15) is 0 Å². The third-order valence-electron chi connectivity index (χ3n) is 3.34. The van der Waals surface area contributed by atoms with Gasteiger partial charge in [0.2, 0.25) is 0 Å². The van der Waals surface area contributed by atoms with E-state index in [2.05, 4.69) is 38.6 Å². The molecular weight excluding hydrogens is 238 g/mol. The molecule has 3 nitrogen and oxygen atoms in total. The van der Waals surface area contributed by atoms with E-state index in [-0.39, 0.29) is 0 Å². The minimum atomic E-state index is 0.764. The zero-order chi connectivity index (χ0) is 10.8. The molecule has 1 fully saturated rings. The van der Waals surface area contributed by atoms with Crippen molar-refractivity contribution in [2.75, 3.05) is 29.6 Å². The fourth-order valence-electron chi connectivity index (χ4n) is 2.37. The summed E-state index contributed by atoms with van der Waals surface area (Å²) in [6.07, 6.45) is 3.14. The molecule has 0 radical (unpaired) electrons. The highest BCUT2D eigenvalue weighted by atomic mass is 32.2. The normalized spacial score (nSPS) is 24.0.